The molecule has 3 heteroatoms. The molecule has 1 atom stereocenters. The topological polar surface area (TPSA) is 32.3 Å². The molecule has 0 saturated heterocycles. The number of nitrogens with one attached hydrogen (secondary N) is 1. The number of Topliss-reactive ketones (excluding diaryl/α,β-unsaturated/α-hetero) is 1. The van der Waals surface area contributed by atoms with Gasteiger partial charge in [-0.25, -0.2) is 0 Å². The maximum absolute atomic E-state index is 11.0. The molecule has 0 aromatic rings. The Morgan fingerprint density at radius 2 is 2.00 bits per heavy atom. The Kier molecular flexibility index (Phi) is 6.82. The van der Waals surface area contributed by atoms with Crippen molar-refractivity contribution in [3.8, 4) is 0 Å². The number of ketones is 1. The van der Waals surface area contributed by atoms with Gasteiger partial charge in [-0.1, -0.05) is 6.42 Å². The molecule has 3 nitrogen and oxygen atoms in total. The first-order chi connectivity index (χ1) is 6.07. The maximum atomic E-state index is 11.0. The predicted molar refractivity (Wildman–Crippen MR) is 55.9 cm³/mol. The van der Waals surface area contributed by atoms with Crippen LogP contribution in [-0.2, 0) is 4.79 Å². The van der Waals surface area contributed by atoms with E-state index in [1.54, 1.807) is 6.92 Å². The van der Waals surface area contributed by atoms with Crippen molar-refractivity contribution in [3.05, 3.63) is 0 Å². The van der Waals surface area contributed by atoms with E-state index in [1.165, 1.54) is 6.42 Å². The third-order valence-electron chi connectivity index (χ3n) is 2.19. The molecule has 0 aliphatic heterocycles. The number of likely N-dealkylation sites (N-methyl/N-ethyl adjacent to an activating group) is 1. The van der Waals surface area contributed by atoms with Crippen molar-refractivity contribution in [1.29, 1.82) is 0 Å². The molecule has 0 amide bonds. The second kappa shape index (κ2) is 7.04. The number of hydrogen-bond acceptors (Lipinski definition) is 3. The molecular formula is C10H22N2O. The number of carbonyl (C=O) groups is 1. The summed E-state index contributed by atoms with van der Waals surface area (Å²) in [5, 5.41) is 3.03. The first-order valence-electron chi connectivity index (χ1n) is 4.90. The lowest BCUT2D eigenvalue weighted by Gasteiger charge is -2.13. The second-order valence-electron chi connectivity index (χ2n) is 3.75. The highest BCUT2D eigenvalue weighted by atomic mass is 16.1. The molecule has 13 heavy (non-hydrogen) atoms. The van der Waals surface area contributed by atoms with Gasteiger partial charge in [0.05, 0.1) is 6.04 Å². The number of nitrogens with zero attached hydrogens (tertiary/aromatic N) is 1. The van der Waals surface area contributed by atoms with Gasteiger partial charge >= 0.3 is 0 Å². The zero-order chi connectivity index (χ0) is 10.3. The van der Waals surface area contributed by atoms with Crippen molar-refractivity contribution in [2.75, 3.05) is 27.7 Å². The number of hydrogen-bond donors (Lipinski definition) is 1. The summed E-state index contributed by atoms with van der Waals surface area (Å²) in [5.74, 6) is 0.243. The molecule has 0 aromatic carbocycles. The minimum Gasteiger partial charge on any atom is -0.311 e. The molecule has 0 spiro atoms. The standard InChI is InChI=1S/C10H22N2O/c1-9(13)10(11-2)7-5-6-8-12(3)4/h10-11H,5-8H2,1-4H3/t10-/m0/s1. The van der Waals surface area contributed by atoms with Crippen LogP contribution in [-0.4, -0.2) is 44.4 Å². The van der Waals surface area contributed by atoms with E-state index in [-0.39, 0.29) is 11.8 Å². The van der Waals surface area contributed by atoms with Crippen LogP contribution in [0.4, 0.5) is 0 Å². The van der Waals surface area contributed by atoms with Gasteiger partial charge in [0.15, 0.2) is 0 Å². The molecule has 0 radical (unpaired) electrons. The highest BCUT2D eigenvalue weighted by molar-refractivity contribution is 5.81. The molecule has 0 aromatic heterocycles. The largest absolute Gasteiger partial charge is 0.311 e. The van der Waals surface area contributed by atoms with Crippen molar-refractivity contribution in [1.82, 2.24) is 10.2 Å². The van der Waals surface area contributed by atoms with Crippen LogP contribution in [0.25, 0.3) is 0 Å². The smallest absolute Gasteiger partial charge is 0.146 e. The van der Waals surface area contributed by atoms with E-state index >= 15 is 0 Å². The van der Waals surface area contributed by atoms with Gasteiger partial charge in [-0.15, -0.1) is 0 Å². The number of rotatable bonds is 7. The third kappa shape index (κ3) is 6.72. The zero-order valence-electron chi connectivity index (χ0n) is 9.26. The molecule has 0 heterocycles. The van der Waals surface area contributed by atoms with Gasteiger partial charge in [-0.05, 0) is 47.5 Å². The van der Waals surface area contributed by atoms with Gasteiger partial charge in [-0.2, -0.15) is 0 Å². The first kappa shape index (κ1) is 12.6. The van der Waals surface area contributed by atoms with Gasteiger partial charge in [-0.3, -0.25) is 4.79 Å². The first-order valence-corrected chi connectivity index (χ1v) is 4.90. The molecule has 0 bridgehead atoms. The van der Waals surface area contributed by atoms with E-state index in [0.29, 0.717) is 0 Å². The predicted octanol–water partition coefficient (Wildman–Crippen LogP) is 0.895. The lowest BCUT2D eigenvalue weighted by Crippen LogP contribution is -2.32. The van der Waals surface area contributed by atoms with E-state index in [0.717, 1.165) is 19.4 Å². The normalized spacial score (nSPS) is 13.3. The number of carbonyl (C=O) groups excluding carboxylic acids is 1. The molecule has 0 fully saturated rings. The van der Waals surface area contributed by atoms with Crippen molar-refractivity contribution < 1.29 is 4.79 Å². The van der Waals surface area contributed by atoms with Crippen LogP contribution in [0.5, 0.6) is 0 Å². The quantitative estimate of drug-likeness (QED) is 0.599. The van der Waals surface area contributed by atoms with Gasteiger partial charge in [0.2, 0.25) is 0 Å². The lowest BCUT2D eigenvalue weighted by atomic mass is 10.1. The summed E-state index contributed by atoms with van der Waals surface area (Å²) in [4.78, 5) is 13.2. The Hall–Kier alpha value is -0.410. The van der Waals surface area contributed by atoms with Crippen LogP contribution in [0.15, 0.2) is 0 Å². The molecule has 0 aliphatic carbocycles. The van der Waals surface area contributed by atoms with Crippen molar-refractivity contribution in [2.45, 2.75) is 32.2 Å². The van der Waals surface area contributed by atoms with Crippen LogP contribution in [0.1, 0.15) is 26.2 Å². The summed E-state index contributed by atoms with van der Waals surface area (Å²) in [6.45, 7) is 2.75. The van der Waals surface area contributed by atoms with Crippen LogP contribution in [0.2, 0.25) is 0 Å². The lowest BCUT2D eigenvalue weighted by molar-refractivity contribution is -0.119. The van der Waals surface area contributed by atoms with Gasteiger partial charge < -0.3 is 10.2 Å². The molecule has 0 saturated carbocycles. The van der Waals surface area contributed by atoms with Crippen molar-refractivity contribution in [2.24, 2.45) is 0 Å². The Morgan fingerprint density at radius 3 is 2.38 bits per heavy atom. The van der Waals surface area contributed by atoms with E-state index in [1.807, 2.05) is 7.05 Å². The van der Waals surface area contributed by atoms with Crippen molar-refractivity contribution >= 4 is 5.78 Å². The fourth-order valence-electron chi connectivity index (χ4n) is 1.33. The van der Waals surface area contributed by atoms with Crippen LogP contribution < -0.4 is 5.32 Å². The van der Waals surface area contributed by atoms with Crippen LogP contribution in [0.3, 0.4) is 0 Å². The monoisotopic (exact) mass is 186 g/mol. The second-order valence-corrected chi connectivity index (χ2v) is 3.75. The Labute approximate surface area is 81.5 Å². The Morgan fingerprint density at radius 1 is 1.38 bits per heavy atom. The zero-order valence-corrected chi connectivity index (χ0v) is 9.26. The summed E-state index contributed by atoms with van der Waals surface area (Å²) in [6.07, 6.45) is 3.24. The summed E-state index contributed by atoms with van der Waals surface area (Å²) >= 11 is 0. The molecular weight excluding hydrogens is 164 g/mol. The summed E-state index contributed by atoms with van der Waals surface area (Å²) < 4.78 is 0. The highest BCUT2D eigenvalue weighted by Gasteiger charge is 2.09. The van der Waals surface area contributed by atoms with Crippen LogP contribution in [0, 0.1) is 0 Å². The molecule has 0 aliphatic rings. The van der Waals surface area contributed by atoms with Gasteiger partial charge in [0, 0.05) is 0 Å². The molecule has 0 rings (SSSR count). The van der Waals surface area contributed by atoms with E-state index in [9.17, 15) is 4.79 Å². The minimum absolute atomic E-state index is 0.0576. The summed E-state index contributed by atoms with van der Waals surface area (Å²) in [6, 6.07) is 0.0576. The van der Waals surface area contributed by atoms with E-state index in [4.69, 9.17) is 0 Å². The average molecular weight is 186 g/mol. The van der Waals surface area contributed by atoms with Gasteiger partial charge in [0.25, 0.3) is 0 Å². The Balaban J connectivity index is 3.44. The maximum Gasteiger partial charge on any atom is 0.146 e. The van der Waals surface area contributed by atoms with Crippen LogP contribution >= 0.6 is 0 Å². The van der Waals surface area contributed by atoms with E-state index < -0.39 is 0 Å². The van der Waals surface area contributed by atoms with E-state index in [2.05, 4.69) is 24.3 Å². The summed E-state index contributed by atoms with van der Waals surface area (Å²) in [7, 11) is 5.99. The summed E-state index contributed by atoms with van der Waals surface area (Å²) in [5.41, 5.74) is 0. The Bertz CT molecular complexity index is 146. The fraction of sp³-hybridized carbons (Fsp3) is 0.900. The molecule has 0 unspecified atom stereocenters. The molecule has 1 N–H and O–H groups in total. The van der Waals surface area contributed by atoms with Crippen molar-refractivity contribution in [3.63, 3.8) is 0 Å². The average Bonchev–Trinajstić information content (AvgIpc) is 2.03. The molecule has 78 valence electrons. The SMILES string of the molecule is CN[C@@H](CCCCN(C)C)C(C)=O. The van der Waals surface area contributed by atoms with Gasteiger partial charge in [0.1, 0.15) is 5.78 Å². The third-order valence-corrected chi connectivity index (χ3v) is 2.19. The number of unbranched alkanes of at least 4 members (excludes halogenated alkanes) is 1. The minimum atomic E-state index is 0.0576. The highest BCUT2D eigenvalue weighted by Crippen LogP contribution is 2.02. The fourth-order valence-corrected chi connectivity index (χ4v) is 1.33.